The van der Waals surface area contributed by atoms with Crippen molar-refractivity contribution < 1.29 is 22.0 Å². The molecule has 168 valence electrons. The van der Waals surface area contributed by atoms with E-state index in [0.717, 1.165) is 35.2 Å². The second-order valence-corrected chi connectivity index (χ2v) is 7.23. The number of nitrogens with one attached hydrogen (secondary N) is 2. The highest BCUT2D eigenvalue weighted by atomic mass is 19.4. The fourth-order valence-electron chi connectivity index (χ4n) is 3.50. The standard InChI is InChI=1S/C23H16F5N5/c1-32(21-17-10-18(24)19(25)11-20(17)33(12-29)22(30)31-21)16-4-2-3-14(9-16)13-5-7-15(8-6-13)23(26,27)28/h2-12,29-30H,1H3. The number of alkyl halides is 3. The number of hydrogen-bond acceptors (Lipinski definition) is 4. The summed E-state index contributed by atoms with van der Waals surface area (Å²) in [7, 11) is 1.61. The van der Waals surface area contributed by atoms with Crippen LogP contribution in [0.3, 0.4) is 0 Å². The molecule has 1 heterocycles. The van der Waals surface area contributed by atoms with Gasteiger partial charge in [0.25, 0.3) is 0 Å². The summed E-state index contributed by atoms with van der Waals surface area (Å²) in [4.78, 5) is 5.71. The third-order valence-electron chi connectivity index (χ3n) is 5.20. The molecule has 4 rings (SSSR count). The molecule has 0 saturated heterocycles. The van der Waals surface area contributed by atoms with Gasteiger partial charge in [0.1, 0.15) is 5.82 Å². The highest BCUT2D eigenvalue weighted by Gasteiger charge is 2.30. The Hall–Kier alpha value is -4.08. The van der Waals surface area contributed by atoms with Crippen molar-refractivity contribution in [2.75, 3.05) is 11.9 Å². The Kier molecular flexibility index (Phi) is 5.44. The minimum Gasteiger partial charge on any atom is -0.329 e. The zero-order valence-electron chi connectivity index (χ0n) is 17.1. The van der Waals surface area contributed by atoms with Crippen LogP contribution >= 0.6 is 0 Å². The molecule has 0 aliphatic carbocycles. The van der Waals surface area contributed by atoms with Crippen molar-refractivity contribution in [1.29, 1.82) is 10.8 Å². The molecule has 0 atom stereocenters. The van der Waals surface area contributed by atoms with Crippen LogP contribution in [-0.4, -0.2) is 22.9 Å². The maximum atomic E-state index is 14.0. The van der Waals surface area contributed by atoms with Crippen molar-refractivity contribution in [2.24, 2.45) is 0 Å². The van der Waals surface area contributed by atoms with Crippen LogP contribution in [0.1, 0.15) is 5.56 Å². The van der Waals surface area contributed by atoms with E-state index in [9.17, 15) is 22.0 Å². The Bertz CT molecular complexity index is 1420. The van der Waals surface area contributed by atoms with Crippen molar-refractivity contribution in [3.05, 3.63) is 83.5 Å². The van der Waals surface area contributed by atoms with Crippen LogP contribution in [0.4, 0.5) is 33.5 Å². The Morgan fingerprint density at radius 3 is 2.24 bits per heavy atom. The monoisotopic (exact) mass is 457 g/mol. The number of aromatic nitrogens is 2. The summed E-state index contributed by atoms with van der Waals surface area (Å²) < 4.78 is 67.4. The number of fused-ring (bicyclic) bond motifs is 1. The Labute approximate surface area is 184 Å². The molecule has 0 amide bonds. The molecule has 0 aliphatic rings. The van der Waals surface area contributed by atoms with Crippen LogP contribution in [0.15, 0.2) is 60.7 Å². The van der Waals surface area contributed by atoms with Crippen molar-refractivity contribution in [1.82, 2.24) is 9.55 Å². The van der Waals surface area contributed by atoms with Crippen LogP contribution in [0.2, 0.25) is 0 Å². The first-order valence-corrected chi connectivity index (χ1v) is 9.58. The average Bonchev–Trinajstić information content (AvgIpc) is 2.79. The first-order chi connectivity index (χ1) is 15.6. The third-order valence-corrected chi connectivity index (χ3v) is 5.20. The maximum absolute atomic E-state index is 14.0. The summed E-state index contributed by atoms with van der Waals surface area (Å²) in [6, 6.07) is 13.4. The molecule has 0 unspecified atom stereocenters. The molecular formula is C23H16F5N5. The van der Waals surface area contributed by atoms with Gasteiger partial charge in [-0.25, -0.2) is 8.78 Å². The first-order valence-electron chi connectivity index (χ1n) is 9.58. The van der Waals surface area contributed by atoms with E-state index in [4.69, 9.17) is 10.8 Å². The number of hydrogen-bond donors (Lipinski definition) is 2. The number of halogens is 5. The highest BCUT2D eigenvalue weighted by molar-refractivity contribution is 5.94. The molecule has 0 aliphatic heterocycles. The summed E-state index contributed by atoms with van der Waals surface area (Å²) in [5.41, 5.74) is 0.717. The normalized spacial score (nSPS) is 11.6. The highest BCUT2D eigenvalue weighted by Crippen LogP contribution is 2.34. The van der Waals surface area contributed by atoms with E-state index in [1.54, 1.807) is 36.2 Å². The first kappa shape index (κ1) is 22.1. The minimum atomic E-state index is -4.43. The van der Waals surface area contributed by atoms with Gasteiger partial charge in [-0.1, -0.05) is 24.3 Å². The molecule has 5 nitrogen and oxygen atoms in total. The van der Waals surface area contributed by atoms with Gasteiger partial charge in [-0.3, -0.25) is 15.4 Å². The van der Waals surface area contributed by atoms with Gasteiger partial charge in [-0.05, 0) is 41.5 Å². The lowest BCUT2D eigenvalue weighted by atomic mass is 10.0. The van der Waals surface area contributed by atoms with Crippen LogP contribution < -0.4 is 10.5 Å². The summed E-state index contributed by atoms with van der Waals surface area (Å²) >= 11 is 0. The van der Waals surface area contributed by atoms with Gasteiger partial charge >= 0.3 is 6.18 Å². The van der Waals surface area contributed by atoms with E-state index in [0.29, 0.717) is 16.8 Å². The molecule has 1 aromatic heterocycles. The van der Waals surface area contributed by atoms with E-state index in [1.165, 1.54) is 12.1 Å². The predicted octanol–water partition coefficient (Wildman–Crippen LogP) is 5.70. The van der Waals surface area contributed by atoms with Crippen LogP contribution in [0, 0.1) is 22.5 Å². The van der Waals surface area contributed by atoms with Gasteiger partial charge in [0.2, 0.25) is 5.62 Å². The molecule has 10 heteroatoms. The molecular weight excluding hydrogens is 441 g/mol. The summed E-state index contributed by atoms with van der Waals surface area (Å²) in [5.74, 6) is -2.08. The molecule has 3 aromatic carbocycles. The minimum absolute atomic E-state index is 0.0876. The number of anilines is 2. The van der Waals surface area contributed by atoms with Crippen molar-refractivity contribution in [2.45, 2.75) is 6.18 Å². The summed E-state index contributed by atoms with van der Waals surface area (Å²) in [6.45, 7) is 0. The molecule has 33 heavy (non-hydrogen) atoms. The van der Waals surface area contributed by atoms with E-state index in [2.05, 4.69) is 4.98 Å². The van der Waals surface area contributed by atoms with Crippen LogP contribution in [0.25, 0.3) is 22.0 Å². The fourth-order valence-corrected chi connectivity index (χ4v) is 3.50. The molecule has 0 fully saturated rings. The predicted molar refractivity (Wildman–Crippen MR) is 115 cm³/mol. The van der Waals surface area contributed by atoms with Gasteiger partial charge in [-0.15, -0.1) is 0 Å². The summed E-state index contributed by atoms with van der Waals surface area (Å²) in [5, 5.41) is 15.8. The fraction of sp³-hybridized carbons (Fsp3) is 0.0870. The van der Waals surface area contributed by atoms with Crippen LogP contribution in [-0.2, 0) is 6.18 Å². The zero-order valence-corrected chi connectivity index (χ0v) is 17.1. The van der Waals surface area contributed by atoms with Gasteiger partial charge in [-0.2, -0.15) is 18.2 Å². The van der Waals surface area contributed by atoms with Gasteiger partial charge < -0.3 is 4.90 Å². The lowest BCUT2D eigenvalue weighted by Crippen LogP contribution is -2.26. The number of benzene rings is 3. The smallest absolute Gasteiger partial charge is 0.329 e. The topological polar surface area (TPSA) is 68.8 Å². The zero-order chi connectivity index (χ0) is 23.9. The van der Waals surface area contributed by atoms with E-state index in [1.807, 2.05) is 0 Å². The third kappa shape index (κ3) is 4.07. The molecule has 0 spiro atoms. The number of rotatable bonds is 4. The molecule has 2 N–H and O–H groups in total. The van der Waals surface area contributed by atoms with E-state index >= 15 is 0 Å². The Morgan fingerprint density at radius 2 is 1.61 bits per heavy atom. The second-order valence-electron chi connectivity index (χ2n) is 7.23. The Balaban J connectivity index is 1.81. The van der Waals surface area contributed by atoms with Gasteiger partial charge in [0.05, 0.1) is 17.4 Å². The summed E-state index contributed by atoms with van der Waals surface area (Å²) in [6.07, 6.45) is -3.65. The lowest BCUT2D eigenvalue weighted by Gasteiger charge is -2.22. The average molecular weight is 457 g/mol. The molecule has 4 aromatic rings. The molecule has 0 saturated carbocycles. The second kappa shape index (κ2) is 8.12. The van der Waals surface area contributed by atoms with Crippen molar-refractivity contribution >= 4 is 28.7 Å². The SMILES string of the molecule is CN(c1cccc(-c2ccc(C(F)(F)F)cc2)c1)c1nc(=N)n(C=N)c2cc(F)c(F)cc12. The van der Waals surface area contributed by atoms with Crippen molar-refractivity contribution in [3.8, 4) is 11.1 Å². The number of nitrogens with zero attached hydrogens (tertiary/aromatic N) is 3. The van der Waals surface area contributed by atoms with E-state index in [-0.39, 0.29) is 22.3 Å². The van der Waals surface area contributed by atoms with E-state index < -0.39 is 23.4 Å². The largest absolute Gasteiger partial charge is 0.416 e. The van der Waals surface area contributed by atoms with Crippen LogP contribution in [0.5, 0.6) is 0 Å². The van der Waals surface area contributed by atoms with Crippen molar-refractivity contribution in [3.63, 3.8) is 0 Å². The van der Waals surface area contributed by atoms with Gasteiger partial charge in [0.15, 0.2) is 11.6 Å². The quantitative estimate of drug-likeness (QED) is 0.234. The molecule has 0 bridgehead atoms. The Morgan fingerprint density at radius 1 is 0.939 bits per heavy atom. The van der Waals surface area contributed by atoms with Gasteiger partial charge in [0, 0.05) is 24.2 Å². The maximum Gasteiger partial charge on any atom is 0.416 e. The lowest BCUT2D eigenvalue weighted by molar-refractivity contribution is -0.137. The molecule has 0 radical (unpaired) electrons.